The number of Topliss-reactive ketones (excluding diaryl/α,β-unsaturated/α-hetero) is 2. The summed E-state index contributed by atoms with van der Waals surface area (Å²) in [6.45, 7) is 28.9. The lowest BCUT2D eigenvalue weighted by atomic mass is 9.96. The topological polar surface area (TPSA) is 104 Å². The first-order valence-electron chi connectivity index (χ1n) is 19.0. The van der Waals surface area contributed by atoms with Crippen LogP contribution in [0.5, 0.6) is 0 Å². The van der Waals surface area contributed by atoms with Crippen molar-refractivity contribution in [2.45, 2.75) is 134 Å². The van der Waals surface area contributed by atoms with E-state index in [4.69, 9.17) is 10.8 Å². The van der Waals surface area contributed by atoms with E-state index in [9.17, 15) is 14.4 Å². The van der Waals surface area contributed by atoms with Gasteiger partial charge in [0.15, 0.2) is 12.1 Å². The predicted molar refractivity (Wildman–Crippen MR) is 212 cm³/mol. The van der Waals surface area contributed by atoms with E-state index in [1.54, 1.807) is 31.2 Å². The Labute approximate surface area is 301 Å². The number of aliphatic hydroxyl groups is 1. The Kier molecular flexibility index (Phi) is 28.2. The molecule has 2 aromatic rings. The molecule has 1 aliphatic heterocycles. The summed E-state index contributed by atoms with van der Waals surface area (Å²) in [5.41, 5.74) is 8.91. The number of rotatable bonds is 14. The van der Waals surface area contributed by atoms with Crippen LogP contribution in [0, 0.1) is 17.8 Å². The average molecular weight is 684 g/mol. The van der Waals surface area contributed by atoms with Gasteiger partial charge in [-0.2, -0.15) is 0 Å². The van der Waals surface area contributed by atoms with Gasteiger partial charge in [-0.1, -0.05) is 107 Å². The summed E-state index contributed by atoms with van der Waals surface area (Å²) in [5.74, 6) is 1.32. The molecule has 4 atom stereocenters. The van der Waals surface area contributed by atoms with Crippen molar-refractivity contribution in [1.29, 1.82) is 0 Å². The van der Waals surface area contributed by atoms with Crippen molar-refractivity contribution in [3.8, 4) is 0 Å². The van der Waals surface area contributed by atoms with Gasteiger partial charge >= 0.3 is 0 Å². The van der Waals surface area contributed by atoms with Crippen LogP contribution < -0.4 is 10.6 Å². The van der Waals surface area contributed by atoms with Crippen LogP contribution in [0.1, 0.15) is 142 Å². The van der Waals surface area contributed by atoms with Gasteiger partial charge in [-0.25, -0.2) is 0 Å². The highest BCUT2D eigenvalue weighted by Gasteiger charge is 2.24. The Bertz CT molecular complexity index is 1130. The minimum absolute atomic E-state index is 0.0164. The minimum atomic E-state index is -0.292. The fraction of sp³-hybridized carbons (Fsp3) is 0.643. The number of anilines is 2. The van der Waals surface area contributed by atoms with Gasteiger partial charge < -0.3 is 15.7 Å². The van der Waals surface area contributed by atoms with E-state index in [2.05, 4.69) is 42.7 Å². The van der Waals surface area contributed by atoms with Crippen molar-refractivity contribution in [3.63, 3.8) is 0 Å². The van der Waals surface area contributed by atoms with Crippen molar-refractivity contribution >= 4 is 29.2 Å². The van der Waals surface area contributed by atoms with E-state index in [1.807, 2.05) is 67.5 Å². The van der Waals surface area contributed by atoms with Gasteiger partial charge in [0.05, 0.1) is 6.10 Å². The first kappa shape index (κ1) is 48.1. The van der Waals surface area contributed by atoms with Gasteiger partial charge in [-0.05, 0) is 62.3 Å². The lowest BCUT2D eigenvalue weighted by molar-refractivity contribution is -0.119. The predicted octanol–water partition coefficient (Wildman–Crippen LogP) is 9.76. The lowest BCUT2D eigenvalue weighted by Gasteiger charge is -2.40. The molecular formula is C42H73N3O4. The molecular weight excluding hydrogens is 610 g/mol. The zero-order valence-corrected chi connectivity index (χ0v) is 33.3. The van der Waals surface area contributed by atoms with Crippen LogP contribution in [-0.4, -0.2) is 66.2 Å². The molecule has 3 rings (SSSR count). The Morgan fingerprint density at radius 2 is 1.39 bits per heavy atom. The Hall–Kier alpha value is -3.03. The Morgan fingerprint density at radius 1 is 0.837 bits per heavy atom. The molecule has 0 radical (unpaired) electrons. The number of hydrogen-bond acceptors (Lipinski definition) is 7. The zero-order valence-electron chi connectivity index (χ0n) is 33.3. The van der Waals surface area contributed by atoms with E-state index >= 15 is 0 Å². The van der Waals surface area contributed by atoms with Crippen molar-refractivity contribution < 1.29 is 19.5 Å². The number of piperazine rings is 1. The van der Waals surface area contributed by atoms with Gasteiger partial charge in [0.1, 0.15) is 5.78 Å². The summed E-state index contributed by atoms with van der Waals surface area (Å²) in [6, 6.07) is 15.9. The number of nitrogens with zero attached hydrogens (tertiary/aromatic N) is 2. The van der Waals surface area contributed by atoms with Crippen LogP contribution in [0.2, 0.25) is 0 Å². The molecule has 2 aromatic carbocycles. The molecule has 0 spiro atoms. The second-order valence-corrected chi connectivity index (χ2v) is 12.8. The average Bonchev–Trinajstić information content (AvgIpc) is 3.14. The third-order valence-corrected chi connectivity index (χ3v) is 8.91. The summed E-state index contributed by atoms with van der Waals surface area (Å²) in [5, 5.41) is 9.10. The number of carbonyl (C=O) groups is 3. The van der Waals surface area contributed by atoms with Crippen molar-refractivity contribution in [3.05, 3.63) is 59.7 Å². The van der Waals surface area contributed by atoms with E-state index in [0.717, 1.165) is 43.4 Å². The molecule has 7 heteroatoms. The van der Waals surface area contributed by atoms with Crippen LogP contribution in [-0.2, 0) is 4.79 Å². The summed E-state index contributed by atoms with van der Waals surface area (Å²) < 4.78 is 0. The van der Waals surface area contributed by atoms with Crippen LogP contribution in [0.15, 0.2) is 48.5 Å². The number of nitrogen functional groups attached to an aromatic ring is 1. The smallest absolute Gasteiger partial charge is 0.166 e. The normalized spacial score (nSPS) is 14.9. The van der Waals surface area contributed by atoms with Crippen molar-refractivity contribution in [2.24, 2.45) is 17.8 Å². The van der Waals surface area contributed by atoms with Crippen molar-refractivity contribution in [1.82, 2.24) is 4.90 Å². The fourth-order valence-electron chi connectivity index (χ4n) is 5.18. The maximum absolute atomic E-state index is 11.6. The second-order valence-electron chi connectivity index (χ2n) is 12.8. The number of aldehydes is 1. The molecule has 1 saturated heterocycles. The number of nitrogens with two attached hydrogens (primary N) is 1. The quantitative estimate of drug-likeness (QED) is 0.116. The monoisotopic (exact) mass is 684 g/mol. The summed E-state index contributed by atoms with van der Waals surface area (Å²) in [4.78, 5) is 38.2. The van der Waals surface area contributed by atoms with Gasteiger partial charge in [-0.15, -0.1) is 0 Å². The standard InChI is InChI=1S/C18H31N3.C11H12O2.C9H18O2.2C2H6/c1-4-15(3)14-17(5-2)20-10-12-21(13-11-20)18-8-6-16(19)7-9-18;1-8(2)11(13)10-6-4-3-5-9(10)7-12;1-4-9(11)6-5-7(2)8(3)10;2*1-2/h6-9,15,17H,4-5,10-14,19H2,1-3H3;3-8H,1-2H3;7-8,10H,4-6H2,1-3H3;2*1-2H3. The van der Waals surface area contributed by atoms with Crippen molar-refractivity contribution in [2.75, 3.05) is 36.8 Å². The first-order valence-corrected chi connectivity index (χ1v) is 19.0. The maximum atomic E-state index is 11.6. The number of ketones is 2. The molecule has 0 saturated carbocycles. The molecule has 1 aliphatic rings. The maximum Gasteiger partial charge on any atom is 0.166 e. The number of hydrogen-bond donors (Lipinski definition) is 2. The van der Waals surface area contributed by atoms with E-state index in [1.165, 1.54) is 38.0 Å². The van der Waals surface area contributed by atoms with E-state index in [0.29, 0.717) is 24.0 Å². The highest BCUT2D eigenvalue weighted by atomic mass is 16.3. The number of carbonyl (C=O) groups excluding carboxylic acids is 3. The Morgan fingerprint density at radius 3 is 1.84 bits per heavy atom. The third kappa shape index (κ3) is 19.7. The fourth-order valence-corrected chi connectivity index (χ4v) is 5.18. The molecule has 1 heterocycles. The van der Waals surface area contributed by atoms with Gasteiger partial charge in [0.25, 0.3) is 0 Å². The van der Waals surface area contributed by atoms with Crippen LogP contribution >= 0.6 is 0 Å². The molecule has 0 amide bonds. The molecule has 49 heavy (non-hydrogen) atoms. The zero-order chi connectivity index (χ0) is 37.9. The highest BCUT2D eigenvalue weighted by molar-refractivity contribution is 6.03. The number of benzene rings is 2. The minimum Gasteiger partial charge on any atom is -0.399 e. The first-order chi connectivity index (χ1) is 23.4. The summed E-state index contributed by atoms with van der Waals surface area (Å²) >= 11 is 0. The lowest BCUT2D eigenvalue weighted by Crippen LogP contribution is -2.50. The third-order valence-electron chi connectivity index (χ3n) is 8.91. The second kappa shape index (κ2) is 28.8. The van der Waals surface area contributed by atoms with Gasteiger partial charge in [-0.3, -0.25) is 19.3 Å². The largest absolute Gasteiger partial charge is 0.399 e. The molecule has 280 valence electrons. The molecule has 0 bridgehead atoms. The molecule has 0 aliphatic carbocycles. The number of aliphatic hydroxyl groups excluding tert-OH is 1. The van der Waals surface area contributed by atoms with Crippen LogP contribution in [0.4, 0.5) is 11.4 Å². The Balaban J connectivity index is 0. The summed E-state index contributed by atoms with van der Waals surface area (Å²) in [7, 11) is 0. The molecule has 7 nitrogen and oxygen atoms in total. The van der Waals surface area contributed by atoms with Crippen LogP contribution in [0.3, 0.4) is 0 Å². The van der Waals surface area contributed by atoms with Gasteiger partial charge in [0, 0.05) is 73.5 Å². The highest BCUT2D eigenvalue weighted by Crippen LogP contribution is 2.22. The SMILES string of the molecule is CC.CC.CC(C)C(=O)c1ccccc1C=O.CCC(=O)CCC(C)C(C)O.CCC(C)CC(CC)N1CCN(c2ccc(N)cc2)CC1. The molecule has 0 aromatic heterocycles. The van der Waals surface area contributed by atoms with E-state index in [-0.39, 0.29) is 29.5 Å². The molecule has 4 unspecified atom stereocenters. The summed E-state index contributed by atoms with van der Waals surface area (Å²) in [6.07, 6.45) is 6.37. The molecule has 1 fully saturated rings. The van der Waals surface area contributed by atoms with E-state index < -0.39 is 0 Å². The van der Waals surface area contributed by atoms with Gasteiger partial charge in [0.2, 0.25) is 0 Å². The molecule has 3 N–H and O–H groups in total. The van der Waals surface area contributed by atoms with Crippen LogP contribution in [0.25, 0.3) is 0 Å².